The van der Waals surface area contributed by atoms with Crippen LogP contribution in [0, 0.1) is 55.7 Å². The summed E-state index contributed by atoms with van der Waals surface area (Å²) in [6.07, 6.45) is 11.0. The van der Waals surface area contributed by atoms with Gasteiger partial charge in [-0.05, 0) is 143 Å². The summed E-state index contributed by atoms with van der Waals surface area (Å²) in [6, 6.07) is 3.90. The molecular weight excluding hydrogens is 584 g/mol. The fraction of sp³-hybridized carbons (Fsp3) is 0.806. The summed E-state index contributed by atoms with van der Waals surface area (Å²) in [4.78, 5) is 0. The molecule has 4 N–H and O–H groups in total. The van der Waals surface area contributed by atoms with E-state index in [-0.39, 0.29) is 50.0 Å². The molecule has 9 atom stereocenters. The van der Waals surface area contributed by atoms with E-state index in [4.69, 9.17) is 9.84 Å². The molecule has 0 amide bonds. The Hall–Kier alpha value is -1.95. The number of nitrogens with one attached hydrogen (secondary N) is 1. The largest absolute Gasteiger partial charge is 0.769 e. The smallest absolute Gasteiger partial charge is 0.121 e. The molecule has 10 heteroatoms. The van der Waals surface area contributed by atoms with Gasteiger partial charge in [0.2, 0.25) is 0 Å². The molecule has 0 aromatic heterocycles. The van der Waals surface area contributed by atoms with Gasteiger partial charge in [-0.3, -0.25) is 15.8 Å². The number of rotatable bonds is 6. The monoisotopic (exact) mass is 640 g/mol. The van der Waals surface area contributed by atoms with E-state index in [9.17, 15) is 25.9 Å². The van der Waals surface area contributed by atoms with E-state index in [2.05, 4.69) is 47.0 Å². The summed E-state index contributed by atoms with van der Waals surface area (Å²) < 4.78 is 6.77. The first-order valence-corrected chi connectivity index (χ1v) is 17.5. The van der Waals surface area contributed by atoms with Crippen molar-refractivity contribution in [1.82, 2.24) is 0 Å². The number of hydrogen-bond donors (Lipinski definition) is 4. The van der Waals surface area contributed by atoms with Crippen molar-refractivity contribution in [3.05, 3.63) is 28.6 Å². The molecular formula is C36H56N4O6-2. The topological polar surface area (TPSA) is 147 Å². The van der Waals surface area contributed by atoms with E-state index in [1.165, 1.54) is 44.2 Å². The van der Waals surface area contributed by atoms with Crippen LogP contribution in [0.2, 0.25) is 0 Å². The van der Waals surface area contributed by atoms with Crippen molar-refractivity contribution < 1.29 is 20.3 Å². The molecule has 4 aliphatic carbocycles. The van der Waals surface area contributed by atoms with Gasteiger partial charge in [0, 0.05) is 16.8 Å². The van der Waals surface area contributed by atoms with Gasteiger partial charge in [-0.2, -0.15) is 5.10 Å². The Kier molecular flexibility index (Phi) is 8.14. The van der Waals surface area contributed by atoms with Crippen LogP contribution in [0.3, 0.4) is 0 Å². The van der Waals surface area contributed by atoms with Crippen LogP contribution in [-0.2, 0) is 4.74 Å². The summed E-state index contributed by atoms with van der Waals surface area (Å²) in [5, 5.41) is 56.9. The minimum absolute atomic E-state index is 0.0985. The van der Waals surface area contributed by atoms with Gasteiger partial charge >= 0.3 is 0 Å². The zero-order valence-electron chi connectivity index (χ0n) is 29.1. The maximum atomic E-state index is 11.2. The Morgan fingerprint density at radius 1 is 0.870 bits per heavy atom. The maximum absolute atomic E-state index is 11.2. The number of aliphatic hydroxyl groups is 1. The van der Waals surface area contributed by atoms with Crippen LogP contribution in [0.4, 0.5) is 17.1 Å². The molecule has 1 aromatic rings. The van der Waals surface area contributed by atoms with Crippen molar-refractivity contribution in [1.29, 1.82) is 0 Å². The number of benzene rings is 1. The van der Waals surface area contributed by atoms with Crippen LogP contribution in [-0.4, -0.2) is 38.5 Å². The lowest BCUT2D eigenvalue weighted by Gasteiger charge is -2.69. The molecule has 5 fully saturated rings. The molecule has 1 heterocycles. The minimum atomic E-state index is -0.816. The van der Waals surface area contributed by atoms with E-state index < -0.39 is 10.8 Å². The Labute approximate surface area is 274 Å². The van der Waals surface area contributed by atoms with Crippen LogP contribution in [0.5, 0.6) is 0 Å². The Morgan fingerprint density at radius 3 is 2.20 bits per heavy atom. The first-order chi connectivity index (χ1) is 21.3. The van der Waals surface area contributed by atoms with Gasteiger partial charge < -0.3 is 25.5 Å². The van der Waals surface area contributed by atoms with Gasteiger partial charge in [0.05, 0.1) is 23.0 Å². The van der Waals surface area contributed by atoms with Crippen LogP contribution < -0.4 is 15.9 Å². The lowest BCUT2D eigenvalue weighted by molar-refractivity contribution is -0.201. The predicted octanol–water partition coefficient (Wildman–Crippen LogP) is 8.24. The lowest BCUT2D eigenvalue weighted by Crippen LogP contribution is -2.63. The van der Waals surface area contributed by atoms with Crippen LogP contribution in [0.25, 0.3) is 0 Å². The van der Waals surface area contributed by atoms with Crippen molar-refractivity contribution in [3.8, 4) is 0 Å². The van der Waals surface area contributed by atoms with Crippen LogP contribution >= 0.6 is 0 Å². The van der Waals surface area contributed by atoms with Gasteiger partial charge in [-0.25, -0.2) is 0 Å². The third kappa shape index (κ3) is 5.00. The van der Waals surface area contributed by atoms with Crippen LogP contribution in [0.15, 0.2) is 23.3 Å². The minimum Gasteiger partial charge on any atom is -0.769 e. The molecule has 258 valence electrons. The van der Waals surface area contributed by atoms with Crippen molar-refractivity contribution in [2.45, 2.75) is 137 Å². The van der Waals surface area contributed by atoms with Crippen molar-refractivity contribution >= 4 is 22.8 Å². The van der Waals surface area contributed by atoms with Crippen molar-refractivity contribution in [2.75, 3.05) is 15.9 Å². The quantitative estimate of drug-likeness (QED) is 0.226. The van der Waals surface area contributed by atoms with Gasteiger partial charge in [-0.1, -0.05) is 34.6 Å². The SMILES string of the molecule is CC(C)(O)[C@@H]1CC[C@@](C)([C@H]2CC[C@@]3(C)[C@@H]2CC[C@H]2[C@]4(C)CCC(=NNc5ccc(N([O-])[O-])cc5N(O)O)C(C)(C)[C@H]4CC[C@@]23C)O1. The summed E-state index contributed by atoms with van der Waals surface area (Å²) in [6.45, 7) is 18.5. The maximum Gasteiger partial charge on any atom is 0.121 e. The molecule has 10 nitrogen and oxygen atoms in total. The molecule has 0 bridgehead atoms. The summed E-state index contributed by atoms with van der Waals surface area (Å²) in [5.41, 5.74) is 3.50. The molecule has 1 saturated heterocycles. The molecule has 0 unspecified atom stereocenters. The summed E-state index contributed by atoms with van der Waals surface area (Å²) in [7, 11) is 0. The molecule has 5 aliphatic rings. The van der Waals surface area contributed by atoms with E-state index in [1.54, 1.807) is 0 Å². The van der Waals surface area contributed by atoms with Gasteiger partial charge in [0.25, 0.3) is 0 Å². The fourth-order valence-corrected chi connectivity index (χ4v) is 12.1. The second kappa shape index (κ2) is 11.0. The van der Waals surface area contributed by atoms with E-state index in [1.807, 2.05) is 13.8 Å². The average Bonchev–Trinajstić information content (AvgIpc) is 3.54. The van der Waals surface area contributed by atoms with Crippen molar-refractivity contribution in [2.24, 2.45) is 50.4 Å². The highest BCUT2D eigenvalue weighted by molar-refractivity contribution is 5.92. The Balaban J connectivity index is 1.23. The number of hydrogen-bond acceptors (Lipinski definition) is 10. The lowest BCUT2D eigenvalue weighted by atomic mass is 9.35. The molecule has 1 aromatic carbocycles. The van der Waals surface area contributed by atoms with E-state index in [0.717, 1.165) is 43.9 Å². The van der Waals surface area contributed by atoms with Gasteiger partial charge in [0.1, 0.15) is 5.69 Å². The first-order valence-electron chi connectivity index (χ1n) is 17.5. The molecule has 1 aliphatic heterocycles. The van der Waals surface area contributed by atoms with Crippen LogP contribution in [0.1, 0.15) is 120 Å². The second-order valence-corrected chi connectivity index (χ2v) is 17.6. The second-order valence-electron chi connectivity index (χ2n) is 17.6. The highest BCUT2D eigenvalue weighted by Gasteiger charge is 2.69. The number of fused-ring (bicyclic) bond motifs is 5. The molecule has 46 heavy (non-hydrogen) atoms. The number of hydrazone groups is 1. The number of nitrogens with zero attached hydrogens (tertiary/aromatic N) is 3. The van der Waals surface area contributed by atoms with Gasteiger partial charge in [0.15, 0.2) is 0 Å². The molecule has 6 rings (SSSR count). The van der Waals surface area contributed by atoms with Crippen molar-refractivity contribution in [3.63, 3.8) is 0 Å². The third-order valence-electron chi connectivity index (χ3n) is 14.8. The zero-order valence-corrected chi connectivity index (χ0v) is 29.1. The average molecular weight is 641 g/mol. The van der Waals surface area contributed by atoms with E-state index in [0.29, 0.717) is 29.4 Å². The standard InChI is InChI=1S/C36H56N4O6/c1-31(2)27-14-19-35(7)28(12-10-23-24(13-18-34(23,35)6)36(8)20-16-30(46-36)32(3,4)41)33(27,5)17-15-29(31)38-37-25-11-9-22(39(42)43)21-26(25)40(44)45/h9,11,21,23-24,27-28,30,37,41,44-45H,10,12-20H2,1-8H3/q-2/t23-,24+,27-,28+,30+,33-,34+,35+,36+/m1/s1. The number of anilines is 3. The molecule has 0 spiro atoms. The summed E-state index contributed by atoms with van der Waals surface area (Å²) in [5.74, 6) is 2.23. The first kappa shape index (κ1) is 33.9. The van der Waals surface area contributed by atoms with Gasteiger partial charge in [-0.15, -0.1) is 5.23 Å². The zero-order chi connectivity index (χ0) is 33.7. The predicted molar refractivity (Wildman–Crippen MR) is 181 cm³/mol. The Bertz CT molecular complexity index is 1360. The molecule has 4 saturated carbocycles. The summed E-state index contributed by atoms with van der Waals surface area (Å²) >= 11 is 0. The highest BCUT2D eigenvalue weighted by atomic mass is 16.8. The molecule has 0 radical (unpaired) electrons. The Morgan fingerprint density at radius 2 is 1.57 bits per heavy atom. The fourth-order valence-electron chi connectivity index (χ4n) is 12.1. The third-order valence-corrected chi connectivity index (χ3v) is 14.8. The number of ether oxygens (including phenoxy) is 1. The normalized spacial score (nSPS) is 42.7. The van der Waals surface area contributed by atoms with E-state index >= 15 is 0 Å². The highest BCUT2D eigenvalue weighted by Crippen LogP contribution is 2.76.